The molecule has 0 saturated carbocycles. The standard InChI is InChI=1S/C7H11N3.2ClH/c1-6-9-5-3-7(10-6)2-4-8;;/h3,5H,2,4,8H2,1H3;2*1H. The zero-order valence-corrected chi connectivity index (χ0v) is 8.49. The van der Waals surface area contributed by atoms with Gasteiger partial charge in [-0.15, -0.1) is 24.8 Å². The summed E-state index contributed by atoms with van der Waals surface area (Å²) >= 11 is 0. The number of halogens is 2. The highest BCUT2D eigenvalue weighted by atomic mass is 35.5. The third-order valence-corrected chi connectivity index (χ3v) is 1.23. The first-order valence-corrected chi connectivity index (χ1v) is 3.31. The summed E-state index contributed by atoms with van der Waals surface area (Å²) in [5.41, 5.74) is 6.37. The van der Waals surface area contributed by atoms with Gasteiger partial charge in [0.25, 0.3) is 0 Å². The van der Waals surface area contributed by atoms with Gasteiger partial charge in [0.2, 0.25) is 0 Å². The number of nitrogens with two attached hydrogens (primary N) is 1. The summed E-state index contributed by atoms with van der Waals surface area (Å²) in [5, 5.41) is 0. The molecule has 12 heavy (non-hydrogen) atoms. The first-order valence-electron chi connectivity index (χ1n) is 3.31. The van der Waals surface area contributed by atoms with E-state index in [0.717, 1.165) is 17.9 Å². The Morgan fingerprint density at radius 1 is 1.42 bits per heavy atom. The van der Waals surface area contributed by atoms with Crippen LogP contribution >= 0.6 is 24.8 Å². The largest absolute Gasteiger partial charge is 0.330 e. The van der Waals surface area contributed by atoms with Gasteiger partial charge < -0.3 is 5.73 Å². The van der Waals surface area contributed by atoms with E-state index < -0.39 is 0 Å². The van der Waals surface area contributed by atoms with Gasteiger partial charge in [0.05, 0.1) is 0 Å². The molecule has 0 amide bonds. The molecule has 1 rings (SSSR count). The first-order chi connectivity index (χ1) is 4.83. The van der Waals surface area contributed by atoms with Crippen LogP contribution < -0.4 is 5.73 Å². The van der Waals surface area contributed by atoms with Crippen LogP contribution in [0.5, 0.6) is 0 Å². The fraction of sp³-hybridized carbons (Fsp3) is 0.429. The van der Waals surface area contributed by atoms with Crippen molar-refractivity contribution >= 4 is 24.8 Å². The van der Waals surface area contributed by atoms with Crippen LogP contribution in [0.4, 0.5) is 0 Å². The van der Waals surface area contributed by atoms with Crippen molar-refractivity contribution in [2.75, 3.05) is 6.54 Å². The van der Waals surface area contributed by atoms with Gasteiger partial charge in [0.1, 0.15) is 5.82 Å². The molecule has 0 aliphatic carbocycles. The van der Waals surface area contributed by atoms with Crippen molar-refractivity contribution < 1.29 is 0 Å². The molecule has 0 fully saturated rings. The van der Waals surface area contributed by atoms with Crippen LogP contribution in [0, 0.1) is 6.92 Å². The smallest absolute Gasteiger partial charge is 0.125 e. The molecule has 0 radical (unpaired) electrons. The zero-order chi connectivity index (χ0) is 7.40. The Morgan fingerprint density at radius 3 is 2.58 bits per heavy atom. The van der Waals surface area contributed by atoms with E-state index >= 15 is 0 Å². The van der Waals surface area contributed by atoms with Crippen molar-refractivity contribution in [3.05, 3.63) is 23.8 Å². The normalized spacial score (nSPS) is 8.17. The summed E-state index contributed by atoms with van der Waals surface area (Å²) in [6.07, 6.45) is 2.59. The number of hydrogen-bond acceptors (Lipinski definition) is 3. The predicted octanol–water partition coefficient (Wildman–Crippen LogP) is 1.13. The summed E-state index contributed by atoms with van der Waals surface area (Å²) in [7, 11) is 0. The molecule has 70 valence electrons. The highest BCUT2D eigenvalue weighted by Gasteiger charge is 1.91. The second-order valence-corrected chi connectivity index (χ2v) is 2.13. The molecule has 5 heteroatoms. The van der Waals surface area contributed by atoms with Gasteiger partial charge >= 0.3 is 0 Å². The van der Waals surface area contributed by atoms with Crippen LogP contribution in [0.25, 0.3) is 0 Å². The van der Waals surface area contributed by atoms with Crippen LogP contribution in [0.15, 0.2) is 12.3 Å². The molecule has 1 aromatic heterocycles. The molecule has 1 aromatic rings. The third-order valence-electron chi connectivity index (χ3n) is 1.23. The Morgan fingerprint density at radius 2 is 2.08 bits per heavy atom. The second kappa shape index (κ2) is 7.28. The molecule has 0 aliphatic rings. The Bertz CT molecular complexity index is 218. The van der Waals surface area contributed by atoms with Gasteiger partial charge in [0.15, 0.2) is 0 Å². The Kier molecular flexibility index (Phi) is 8.59. The minimum absolute atomic E-state index is 0. The molecule has 2 N–H and O–H groups in total. The van der Waals surface area contributed by atoms with E-state index in [1.54, 1.807) is 6.20 Å². The van der Waals surface area contributed by atoms with Gasteiger partial charge in [-0.2, -0.15) is 0 Å². The van der Waals surface area contributed by atoms with E-state index in [0.29, 0.717) is 6.54 Å². The summed E-state index contributed by atoms with van der Waals surface area (Å²) < 4.78 is 0. The van der Waals surface area contributed by atoms with Gasteiger partial charge in [-0.25, -0.2) is 9.97 Å². The van der Waals surface area contributed by atoms with Crippen LogP contribution in [-0.2, 0) is 6.42 Å². The summed E-state index contributed by atoms with van der Waals surface area (Å²) in [5.74, 6) is 0.811. The van der Waals surface area contributed by atoms with Crippen molar-refractivity contribution in [1.82, 2.24) is 9.97 Å². The average Bonchev–Trinajstić information content (AvgIpc) is 1.88. The lowest BCUT2D eigenvalue weighted by Gasteiger charge is -1.96. The zero-order valence-electron chi connectivity index (χ0n) is 6.86. The maximum atomic E-state index is 5.35. The van der Waals surface area contributed by atoms with Crippen LogP contribution in [0.3, 0.4) is 0 Å². The molecule has 3 nitrogen and oxygen atoms in total. The summed E-state index contributed by atoms with van der Waals surface area (Å²) in [4.78, 5) is 8.14. The minimum atomic E-state index is 0. The number of nitrogens with zero attached hydrogens (tertiary/aromatic N) is 2. The molecule has 0 atom stereocenters. The monoisotopic (exact) mass is 209 g/mol. The number of aromatic nitrogens is 2. The SMILES string of the molecule is Cc1nccc(CCN)n1.Cl.Cl. The average molecular weight is 210 g/mol. The fourth-order valence-electron chi connectivity index (χ4n) is 0.792. The molecule has 0 aromatic carbocycles. The van der Waals surface area contributed by atoms with E-state index in [1.165, 1.54) is 0 Å². The maximum Gasteiger partial charge on any atom is 0.125 e. The van der Waals surface area contributed by atoms with Crippen molar-refractivity contribution in [1.29, 1.82) is 0 Å². The number of hydrogen-bond donors (Lipinski definition) is 1. The van der Waals surface area contributed by atoms with Crippen molar-refractivity contribution in [2.45, 2.75) is 13.3 Å². The van der Waals surface area contributed by atoms with Gasteiger partial charge in [-0.05, 0) is 19.5 Å². The highest BCUT2D eigenvalue weighted by Crippen LogP contribution is 1.93. The molecular formula is C7H13Cl2N3. The lowest BCUT2D eigenvalue weighted by molar-refractivity contribution is 0.888. The number of rotatable bonds is 2. The summed E-state index contributed by atoms with van der Waals surface area (Å²) in [6, 6.07) is 1.89. The van der Waals surface area contributed by atoms with Gasteiger partial charge in [0, 0.05) is 18.3 Å². The van der Waals surface area contributed by atoms with Crippen LogP contribution in [-0.4, -0.2) is 16.5 Å². The Balaban J connectivity index is 0. The molecular weight excluding hydrogens is 197 g/mol. The third kappa shape index (κ3) is 4.49. The quantitative estimate of drug-likeness (QED) is 0.795. The molecule has 0 aliphatic heterocycles. The molecule has 0 unspecified atom stereocenters. The molecule has 1 heterocycles. The van der Waals surface area contributed by atoms with Crippen molar-refractivity contribution in [2.24, 2.45) is 5.73 Å². The van der Waals surface area contributed by atoms with Gasteiger partial charge in [-0.3, -0.25) is 0 Å². The second-order valence-electron chi connectivity index (χ2n) is 2.13. The highest BCUT2D eigenvalue weighted by molar-refractivity contribution is 5.85. The van der Waals surface area contributed by atoms with Gasteiger partial charge in [-0.1, -0.05) is 0 Å². The molecule has 0 bridgehead atoms. The van der Waals surface area contributed by atoms with E-state index in [4.69, 9.17) is 5.73 Å². The summed E-state index contributed by atoms with van der Waals surface area (Å²) in [6.45, 7) is 2.52. The minimum Gasteiger partial charge on any atom is -0.330 e. The Labute approximate surface area is 84.6 Å². The lowest BCUT2D eigenvalue weighted by Crippen LogP contribution is -2.05. The van der Waals surface area contributed by atoms with Crippen LogP contribution in [0.1, 0.15) is 11.5 Å². The lowest BCUT2D eigenvalue weighted by atomic mass is 10.3. The predicted molar refractivity (Wildman–Crippen MR) is 54.0 cm³/mol. The van der Waals surface area contributed by atoms with Crippen LogP contribution in [0.2, 0.25) is 0 Å². The number of aryl methyl sites for hydroxylation is 1. The Hall–Kier alpha value is -0.380. The molecule has 0 saturated heterocycles. The van der Waals surface area contributed by atoms with E-state index in [1.807, 2.05) is 13.0 Å². The molecule has 0 spiro atoms. The first kappa shape index (κ1) is 14.2. The van der Waals surface area contributed by atoms with E-state index in [2.05, 4.69) is 9.97 Å². The van der Waals surface area contributed by atoms with Crippen molar-refractivity contribution in [3.8, 4) is 0 Å². The fourth-order valence-corrected chi connectivity index (χ4v) is 0.792. The van der Waals surface area contributed by atoms with E-state index in [9.17, 15) is 0 Å². The van der Waals surface area contributed by atoms with Crippen molar-refractivity contribution in [3.63, 3.8) is 0 Å². The van der Waals surface area contributed by atoms with E-state index in [-0.39, 0.29) is 24.8 Å². The topological polar surface area (TPSA) is 51.8 Å². The maximum absolute atomic E-state index is 5.35.